The molecule has 0 radical (unpaired) electrons. The van der Waals surface area contributed by atoms with Gasteiger partial charge >= 0.3 is 12.0 Å². The van der Waals surface area contributed by atoms with Crippen molar-refractivity contribution in [3.63, 3.8) is 0 Å². The van der Waals surface area contributed by atoms with Crippen LogP contribution in [0, 0.1) is 5.92 Å². The van der Waals surface area contributed by atoms with Gasteiger partial charge in [-0.1, -0.05) is 0 Å². The fraction of sp³-hybridized carbons (Fsp3) is 0.615. The number of rotatable bonds is 7. The molecule has 21 heavy (non-hydrogen) atoms. The van der Waals surface area contributed by atoms with Crippen molar-refractivity contribution in [3.8, 4) is 0 Å². The molecule has 4 N–H and O–H groups in total. The second kappa shape index (κ2) is 7.63. The monoisotopic (exact) mass is 296 g/mol. The maximum Gasteiger partial charge on any atom is 0.326 e. The van der Waals surface area contributed by atoms with Gasteiger partial charge in [0.1, 0.15) is 6.04 Å². The van der Waals surface area contributed by atoms with Gasteiger partial charge < -0.3 is 25.5 Å². The van der Waals surface area contributed by atoms with Crippen LogP contribution in [0.4, 0.5) is 4.79 Å². The minimum atomic E-state index is -1.08. The van der Waals surface area contributed by atoms with Crippen LogP contribution in [0.3, 0.4) is 0 Å². The lowest BCUT2D eigenvalue weighted by Gasteiger charge is -2.15. The number of hydrogen-bond donors (Lipinski definition) is 4. The minimum absolute atomic E-state index is 0.166. The fourth-order valence-electron chi connectivity index (χ4n) is 2.23. The molecular formula is C13H20N4O4. The number of aromatic nitrogens is 2. The second-order valence-corrected chi connectivity index (χ2v) is 5.09. The Morgan fingerprint density at radius 2 is 2.43 bits per heavy atom. The molecule has 8 heteroatoms. The van der Waals surface area contributed by atoms with Gasteiger partial charge in [0.15, 0.2) is 0 Å². The topological polar surface area (TPSA) is 116 Å². The third-order valence-electron chi connectivity index (χ3n) is 3.44. The largest absolute Gasteiger partial charge is 0.480 e. The summed E-state index contributed by atoms with van der Waals surface area (Å²) in [6.45, 7) is 2.03. The molecule has 1 fully saturated rings. The number of carboxylic acids is 1. The molecule has 2 heterocycles. The number of H-pyrrole nitrogens is 1. The molecule has 0 aliphatic carbocycles. The molecule has 116 valence electrons. The number of aromatic amines is 1. The number of imidazole rings is 1. The van der Waals surface area contributed by atoms with Crippen molar-refractivity contribution in [2.24, 2.45) is 5.92 Å². The summed E-state index contributed by atoms with van der Waals surface area (Å²) in [5, 5.41) is 14.3. The third-order valence-corrected chi connectivity index (χ3v) is 3.44. The molecule has 1 saturated heterocycles. The first-order valence-electron chi connectivity index (χ1n) is 6.97. The van der Waals surface area contributed by atoms with E-state index in [1.807, 2.05) is 0 Å². The SMILES string of the molecule is O=C(NCCC1CCOC1)N[C@@H](Cc1cnc[nH]1)C(=O)O. The van der Waals surface area contributed by atoms with Crippen LogP contribution in [0.25, 0.3) is 0 Å². The Bertz CT molecular complexity index is 457. The normalized spacial score (nSPS) is 19.1. The van der Waals surface area contributed by atoms with Crippen LogP contribution in [-0.2, 0) is 16.0 Å². The van der Waals surface area contributed by atoms with E-state index in [0.717, 1.165) is 26.1 Å². The van der Waals surface area contributed by atoms with Gasteiger partial charge in [0, 0.05) is 38.1 Å². The number of nitrogens with zero attached hydrogens (tertiary/aromatic N) is 1. The molecule has 2 atom stereocenters. The number of carbonyl (C=O) groups is 2. The first kappa shape index (κ1) is 15.3. The van der Waals surface area contributed by atoms with E-state index in [4.69, 9.17) is 9.84 Å². The van der Waals surface area contributed by atoms with Crippen LogP contribution in [0.2, 0.25) is 0 Å². The summed E-state index contributed by atoms with van der Waals surface area (Å²) in [5.74, 6) is -0.602. The number of hydrogen-bond acceptors (Lipinski definition) is 4. The Balaban J connectivity index is 1.71. The van der Waals surface area contributed by atoms with Crippen molar-refractivity contribution in [1.82, 2.24) is 20.6 Å². The maximum absolute atomic E-state index is 11.7. The van der Waals surface area contributed by atoms with Crippen LogP contribution >= 0.6 is 0 Å². The van der Waals surface area contributed by atoms with E-state index in [0.29, 0.717) is 18.2 Å². The smallest absolute Gasteiger partial charge is 0.326 e. The fourth-order valence-corrected chi connectivity index (χ4v) is 2.23. The molecule has 1 aromatic rings. The average Bonchev–Trinajstić information content (AvgIpc) is 3.10. The summed E-state index contributed by atoms with van der Waals surface area (Å²) in [6, 6.07) is -1.46. The molecule has 0 bridgehead atoms. The third kappa shape index (κ3) is 5.07. The molecule has 1 aromatic heterocycles. The van der Waals surface area contributed by atoms with E-state index < -0.39 is 18.0 Å². The van der Waals surface area contributed by atoms with Crippen molar-refractivity contribution in [2.45, 2.75) is 25.3 Å². The van der Waals surface area contributed by atoms with Gasteiger partial charge in [0.2, 0.25) is 0 Å². The lowest BCUT2D eigenvalue weighted by molar-refractivity contribution is -0.139. The van der Waals surface area contributed by atoms with Crippen molar-refractivity contribution < 1.29 is 19.4 Å². The Morgan fingerprint density at radius 1 is 1.57 bits per heavy atom. The van der Waals surface area contributed by atoms with Crippen LogP contribution in [0.5, 0.6) is 0 Å². The zero-order valence-corrected chi connectivity index (χ0v) is 11.7. The van der Waals surface area contributed by atoms with Crippen molar-refractivity contribution in [1.29, 1.82) is 0 Å². The predicted molar refractivity (Wildman–Crippen MR) is 73.8 cm³/mol. The van der Waals surface area contributed by atoms with Gasteiger partial charge in [-0.25, -0.2) is 14.6 Å². The number of carboxylic acid groups (broad SMARTS) is 1. The molecule has 0 spiro atoms. The van der Waals surface area contributed by atoms with Crippen LogP contribution in [0.15, 0.2) is 12.5 Å². The maximum atomic E-state index is 11.7. The Hall–Kier alpha value is -2.09. The van der Waals surface area contributed by atoms with Gasteiger partial charge in [-0.3, -0.25) is 0 Å². The molecule has 0 saturated carbocycles. The molecule has 2 amide bonds. The minimum Gasteiger partial charge on any atom is -0.480 e. The number of ether oxygens (including phenoxy) is 1. The number of nitrogens with one attached hydrogen (secondary N) is 3. The Morgan fingerprint density at radius 3 is 3.05 bits per heavy atom. The van der Waals surface area contributed by atoms with Gasteiger partial charge in [0.25, 0.3) is 0 Å². The highest BCUT2D eigenvalue weighted by Crippen LogP contribution is 2.15. The van der Waals surface area contributed by atoms with Gasteiger partial charge in [-0.15, -0.1) is 0 Å². The van der Waals surface area contributed by atoms with E-state index in [1.165, 1.54) is 12.5 Å². The zero-order chi connectivity index (χ0) is 15.1. The van der Waals surface area contributed by atoms with E-state index >= 15 is 0 Å². The summed E-state index contributed by atoms with van der Waals surface area (Å²) < 4.78 is 5.25. The molecule has 0 aromatic carbocycles. The van der Waals surface area contributed by atoms with Gasteiger partial charge in [0.05, 0.1) is 6.33 Å². The molecule has 1 unspecified atom stereocenters. The number of urea groups is 1. The molecule has 8 nitrogen and oxygen atoms in total. The molecule has 2 rings (SSSR count). The highest BCUT2D eigenvalue weighted by Gasteiger charge is 2.21. The highest BCUT2D eigenvalue weighted by molar-refractivity contribution is 5.82. The number of amides is 2. The lowest BCUT2D eigenvalue weighted by Crippen LogP contribution is -2.47. The summed E-state index contributed by atoms with van der Waals surface area (Å²) in [7, 11) is 0. The quantitative estimate of drug-likeness (QED) is 0.571. The van der Waals surface area contributed by atoms with E-state index in [2.05, 4.69) is 20.6 Å². The van der Waals surface area contributed by atoms with E-state index in [9.17, 15) is 9.59 Å². The van der Waals surface area contributed by atoms with Crippen LogP contribution < -0.4 is 10.6 Å². The zero-order valence-electron chi connectivity index (χ0n) is 11.7. The van der Waals surface area contributed by atoms with Crippen molar-refractivity contribution >= 4 is 12.0 Å². The summed E-state index contributed by atoms with van der Waals surface area (Å²) in [4.78, 5) is 29.5. The van der Waals surface area contributed by atoms with Crippen LogP contribution in [-0.4, -0.2) is 52.9 Å². The predicted octanol–water partition coefficient (Wildman–Crippen LogP) is 0.131. The molecule has 1 aliphatic rings. The highest BCUT2D eigenvalue weighted by atomic mass is 16.5. The van der Waals surface area contributed by atoms with Gasteiger partial charge in [-0.2, -0.15) is 0 Å². The Kier molecular flexibility index (Phi) is 5.56. The standard InChI is InChI=1S/C13H20N4O4/c18-12(19)11(5-10-6-14-8-16-10)17-13(20)15-3-1-9-2-4-21-7-9/h6,8-9,11H,1-5,7H2,(H,14,16)(H,18,19)(H2,15,17,20)/t9?,11-/m0/s1. The van der Waals surface area contributed by atoms with E-state index in [-0.39, 0.29) is 6.42 Å². The van der Waals surface area contributed by atoms with Crippen molar-refractivity contribution in [2.75, 3.05) is 19.8 Å². The number of aliphatic carboxylic acids is 1. The summed E-state index contributed by atoms with van der Waals surface area (Å²) in [5.41, 5.74) is 0.658. The summed E-state index contributed by atoms with van der Waals surface area (Å²) in [6.07, 6.45) is 5.03. The first-order valence-corrected chi connectivity index (χ1v) is 6.97. The number of carbonyl (C=O) groups excluding carboxylic acids is 1. The van der Waals surface area contributed by atoms with E-state index in [1.54, 1.807) is 0 Å². The second-order valence-electron chi connectivity index (χ2n) is 5.09. The first-order chi connectivity index (χ1) is 10.1. The molecular weight excluding hydrogens is 276 g/mol. The molecule has 1 aliphatic heterocycles. The van der Waals surface area contributed by atoms with Gasteiger partial charge in [-0.05, 0) is 18.8 Å². The summed E-state index contributed by atoms with van der Waals surface area (Å²) >= 11 is 0. The Labute approximate surface area is 122 Å². The van der Waals surface area contributed by atoms with Crippen molar-refractivity contribution in [3.05, 3.63) is 18.2 Å². The lowest BCUT2D eigenvalue weighted by atomic mass is 10.1. The van der Waals surface area contributed by atoms with Crippen LogP contribution in [0.1, 0.15) is 18.5 Å². The average molecular weight is 296 g/mol.